The molecule has 160 valence electrons. The predicted octanol–water partition coefficient (Wildman–Crippen LogP) is 1.76. The maximum absolute atomic E-state index is 12.3. The molecule has 9 heteroatoms. The van der Waals surface area contributed by atoms with Gasteiger partial charge in [0.2, 0.25) is 5.91 Å². The first-order valence-electron chi connectivity index (χ1n) is 9.55. The molecule has 0 atom stereocenters. The number of carbonyl (C=O) groups is 3. The maximum atomic E-state index is 12.3. The van der Waals surface area contributed by atoms with E-state index in [-0.39, 0.29) is 17.6 Å². The number of esters is 1. The van der Waals surface area contributed by atoms with E-state index in [1.54, 1.807) is 24.3 Å². The smallest absolute Gasteiger partial charge is 0.359 e. The van der Waals surface area contributed by atoms with E-state index in [0.29, 0.717) is 11.1 Å². The predicted molar refractivity (Wildman–Crippen MR) is 115 cm³/mol. The number of anilines is 1. The second kappa shape index (κ2) is 9.21. The van der Waals surface area contributed by atoms with Crippen LogP contribution >= 0.6 is 0 Å². The van der Waals surface area contributed by atoms with Gasteiger partial charge < -0.3 is 15.4 Å². The van der Waals surface area contributed by atoms with E-state index in [1.807, 2.05) is 32.9 Å². The largest absolute Gasteiger partial charge is 0.451 e. The van der Waals surface area contributed by atoms with Gasteiger partial charge in [0, 0.05) is 11.1 Å². The highest BCUT2D eigenvalue weighted by atomic mass is 16.5. The number of aromatic amines is 1. The molecule has 0 aliphatic rings. The van der Waals surface area contributed by atoms with Gasteiger partial charge in [0.25, 0.3) is 11.5 Å². The highest BCUT2D eigenvalue weighted by Crippen LogP contribution is 2.21. The Bertz CT molecular complexity index is 1210. The molecule has 0 fully saturated rings. The number of amides is 2. The van der Waals surface area contributed by atoms with Gasteiger partial charge in [0.1, 0.15) is 0 Å². The third kappa shape index (κ3) is 5.13. The Morgan fingerprint density at radius 2 is 1.65 bits per heavy atom. The Morgan fingerprint density at radius 1 is 1.00 bits per heavy atom. The second-order valence-electron chi connectivity index (χ2n) is 7.12. The summed E-state index contributed by atoms with van der Waals surface area (Å²) < 4.78 is 4.97. The Labute approximate surface area is 177 Å². The summed E-state index contributed by atoms with van der Waals surface area (Å²) in [6, 6.07) is 10.3. The third-order valence-corrected chi connectivity index (χ3v) is 4.61. The quantitative estimate of drug-likeness (QED) is 0.519. The molecule has 1 heterocycles. The zero-order valence-corrected chi connectivity index (χ0v) is 17.4. The SMILES string of the molecule is Cc1cc(C)c(NC(=O)CNC(=O)COC(=O)c2n[nH]c(=O)c3ccccc23)c(C)c1. The molecule has 2 amide bonds. The first-order chi connectivity index (χ1) is 14.8. The molecule has 0 unspecified atom stereocenters. The minimum atomic E-state index is -0.863. The van der Waals surface area contributed by atoms with E-state index in [0.717, 1.165) is 16.7 Å². The van der Waals surface area contributed by atoms with Crippen molar-refractivity contribution in [2.24, 2.45) is 0 Å². The number of hydrogen-bond acceptors (Lipinski definition) is 6. The van der Waals surface area contributed by atoms with Crippen LogP contribution in [0.25, 0.3) is 10.8 Å². The fraction of sp³-hybridized carbons (Fsp3) is 0.227. The minimum Gasteiger partial charge on any atom is -0.451 e. The van der Waals surface area contributed by atoms with Crippen molar-refractivity contribution in [1.82, 2.24) is 15.5 Å². The van der Waals surface area contributed by atoms with Crippen molar-refractivity contribution in [1.29, 1.82) is 0 Å². The molecule has 2 aromatic carbocycles. The molecule has 0 aliphatic heterocycles. The minimum absolute atomic E-state index is 0.105. The van der Waals surface area contributed by atoms with E-state index in [2.05, 4.69) is 20.8 Å². The van der Waals surface area contributed by atoms with E-state index < -0.39 is 29.9 Å². The average molecular weight is 422 g/mol. The molecule has 0 saturated carbocycles. The van der Waals surface area contributed by atoms with Crippen molar-refractivity contribution in [3.05, 3.63) is 69.1 Å². The van der Waals surface area contributed by atoms with Crippen LogP contribution in [0.5, 0.6) is 0 Å². The van der Waals surface area contributed by atoms with Gasteiger partial charge in [-0.25, -0.2) is 9.89 Å². The van der Waals surface area contributed by atoms with Crippen LogP contribution < -0.4 is 16.2 Å². The van der Waals surface area contributed by atoms with E-state index in [4.69, 9.17) is 4.74 Å². The first-order valence-corrected chi connectivity index (χ1v) is 9.55. The monoisotopic (exact) mass is 422 g/mol. The number of aryl methyl sites for hydroxylation is 3. The molecule has 0 spiro atoms. The van der Waals surface area contributed by atoms with Crippen LogP contribution in [0, 0.1) is 20.8 Å². The van der Waals surface area contributed by atoms with Gasteiger partial charge in [-0.1, -0.05) is 35.9 Å². The molecular weight excluding hydrogens is 400 g/mol. The van der Waals surface area contributed by atoms with E-state index in [1.165, 1.54) is 0 Å². The molecule has 1 aromatic heterocycles. The molecule has 0 radical (unpaired) electrons. The zero-order valence-electron chi connectivity index (χ0n) is 17.4. The van der Waals surface area contributed by atoms with Crippen LogP contribution in [-0.4, -0.2) is 41.1 Å². The van der Waals surface area contributed by atoms with Crippen molar-refractivity contribution in [3.63, 3.8) is 0 Å². The number of nitrogens with one attached hydrogen (secondary N) is 3. The number of ether oxygens (including phenoxy) is 1. The fourth-order valence-electron chi connectivity index (χ4n) is 3.26. The maximum Gasteiger partial charge on any atom is 0.359 e. The number of aromatic nitrogens is 2. The number of rotatable bonds is 6. The number of fused-ring (bicyclic) bond motifs is 1. The molecule has 9 nitrogen and oxygen atoms in total. The molecule has 3 aromatic rings. The first kappa shape index (κ1) is 21.7. The van der Waals surface area contributed by atoms with Gasteiger partial charge in [-0.05, 0) is 38.0 Å². The lowest BCUT2D eigenvalue weighted by Crippen LogP contribution is -2.36. The number of nitrogens with zero attached hydrogens (tertiary/aromatic N) is 1. The summed E-state index contributed by atoms with van der Waals surface area (Å²) in [7, 11) is 0. The van der Waals surface area contributed by atoms with Gasteiger partial charge in [-0.2, -0.15) is 5.10 Å². The van der Waals surface area contributed by atoms with Crippen LogP contribution in [0.3, 0.4) is 0 Å². The van der Waals surface area contributed by atoms with Crippen LogP contribution in [0.15, 0.2) is 41.2 Å². The van der Waals surface area contributed by atoms with Gasteiger partial charge in [-0.15, -0.1) is 0 Å². The highest BCUT2D eigenvalue weighted by Gasteiger charge is 2.17. The number of benzene rings is 2. The van der Waals surface area contributed by atoms with Crippen molar-refractivity contribution in [3.8, 4) is 0 Å². The fourth-order valence-corrected chi connectivity index (χ4v) is 3.26. The van der Waals surface area contributed by atoms with Crippen molar-refractivity contribution in [2.75, 3.05) is 18.5 Å². The van der Waals surface area contributed by atoms with Crippen LogP contribution in [-0.2, 0) is 14.3 Å². The zero-order chi connectivity index (χ0) is 22.5. The summed E-state index contributed by atoms with van der Waals surface area (Å²) in [5.41, 5.74) is 3.10. The summed E-state index contributed by atoms with van der Waals surface area (Å²) in [4.78, 5) is 48.2. The third-order valence-electron chi connectivity index (χ3n) is 4.61. The molecular formula is C22H22N4O5. The summed E-state index contributed by atoms with van der Waals surface area (Å²) in [6.07, 6.45) is 0. The lowest BCUT2D eigenvalue weighted by molar-refractivity contribution is -0.126. The lowest BCUT2D eigenvalue weighted by Gasteiger charge is -2.13. The average Bonchev–Trinajstić information content (AvgIpc) is 2.73. The van der Waals surface area contributed by atoms with Gasteiger partial charge in [0.05, 0.1) is 11.9 Å². The van der Waals surface area contributed by atoms with E-state index in [9.17, 15) is 19.2 Å². The Kier molecular flexibility index (Phi) is 6.44. The molecule has 3 rings (SSSR count). The molecule has 0 aliphatic carbocycles. The van der Waals surface area contributed by atoms with E-state index >= 15 is 0 Å². The summed E-state index contributed by atoms with van der Waals surface area (Å²) in [6.45, 7) is 4.88. The van der Waals surface area contributed by atoms with Gasteiger partial charge in [-0.3, -0.25) is 14.4 Å². The number of H-pyrrole nitrogens is 1. The van der Waals surface area contributed by atoms with Crippen molar-refractivity contribution >= 4 is 34.2 Å². The molecule has 31 heavy (non-hydrogen) atoms. The lowest BCUT2D eigenvalue weighted by atomic mass is 10.1. The Morgan fingerprint density at radius 3 is 2.32 bits per heavy atom. The van der Waals surface area contributed by atoms with Crippen LogP contribution in [0.4, 0.5) is 5.69 Å². The topological polar surface area (TPSA) is 130 Å². The summed E-state index contributed by atoms with van der Waals surface area (Å²) in [5.74, 6) is -1.91. The highest BCUT2D eigenvalue weighted by molar-refractivity contribution is 6.02. The molecule has 0 saturated heterocycles. The Balaban J connectivity index is 1.54. The second-order valence-corrected chi connectivity index (χ2v) is 7.12. The van der Waals surface area contributed by atoms with Crippen molar-refractivity contribution < 1.29 is 19.1 Å². The molecule has 3 N–H and O–H groups in total. The Hall–Kier alpha value is -4.01. The van der Waals surface area contributed by atoms with Crippen LogP contribution in [0.2, 0.25) is 0 Å². The normalized spacial score (nSPS) is 10.5. The molecule has 0 bridgehead atoms. The number of hydrogen-bond donors (Lipinski definition) is 3. The van der Waals surface area contributed by atoms with Crippen molar-refractivity contribution in [2.45, 2.75) is 20.8 Å². The van der Waals surface area contributed by atoms with Gasteiger partial charge >= 0.3 is 5.97 Å². The standard InChI is InChI=1S/C22H22N4O5/c1-12-8-13(2)19(14(3)9-12)24-17(27)10-23-18(28)11-31-22(30)20-15-6-4-5-7-16(15)21(29)26-25-20/h4-9H,10-11H2,1-3H3,(H,23,28)(H,24,27)(H,26,29). The van der Waals surface area contributed by atoms with Gasteiger partial charge in [0.15, 0.2) is 12.3 Å². The van der Waals surface area contributed by atoms with Crippen LogP contribution in [0.1, 0.15) is 27.2 Å². The summed E-state index contributed by atoms with van der Waals surface area (Å²) >= 11 is 0. The summed E-state index contributed by atoms with van der Waals surface area (Å²) in [5, 5.41) is 11.7. The number of carbonyl (C=O) groups excluding carboxylic acids is 3.